The minimum Gasteiger partial charge on any atom is -0.334 e. The van der Waals surface area contributed by atoms with Gasteiger partial charge in [-0.25, -0.2) is 4.79 Å². The summed E-state index contributed by atoms with van der Waals surface area (Å²) in [6.07, 6.45) is 6.64. The third-order valence-electron chi connectivity index (χ3n) is 5.12. The number of amides is 2. The van der Waals surface area contributed by atoms with Gasteiger partial charge in [0.25, 0.3) is 0 Å². The molecule has 2 amide bonds. The standard InChI is InChI=1S/C25H26N4O2/c30-25(27-18-21-12-7-13-26-17-21)28-23(15-20-10-5-2-6-11-20)24-16-22(29-31-24)14-19-8-3-1-4-9-19/h1-13,16-17,23-24,29H,14-15,18H2,(H2,27,28,30). The van der Waals surface area contributed by atoms with E-state index in [4.69, 9.17) is 4.84 Å². The molecule has 31 heavy (non-hydrogen) atoms. The monoisotopic (exact) mass is 414 g/mol. The van der Waals surface area contributed by atoms with Gasteiger partial charge in [0.05, 0.1) is 6.04 Å². The number of aromatic nitrogens is 1. The van der Waals surface area contributed by atoms with Crippen LogP contribution in [0.25, 0.3) is 0 Å². The molecule has 0 fully saturated rings. The molecule has 3 aromatic rings. The molecule has 1 aliphatic rings. The maximum atomic E-state index is 12.6. The lowest BCUT2D eigenvalue weighted by Gasteiger charge is -2.23. The van der Waals surface area contributed by atoms with Crippen LogP contribution in [-0.4, -0.2) is 23.2 Å². The van der Waals surface area contributed by atoms with E-state index >= 15 is 0 Å². The van der Waals surface area contributed by atoms with Gasteiger partial charge in [0.15, 0.2) is 0 Å². The van der Waals surface area contributed by atoms with E-state index in [1.807, 2.05) is 48.5 Å². The first-order chi connectivity index (χ1) is 15.3. The topological polar surface area (TPSA) is 75.3 Å². The van der Waals surface area contributed by atoms with Crippen LogP contribution in [0.2, 0.25) is 0 Å². The van der Waals surface area contributed by atoms with E-state index in [0.717, 1.165) is 23.2 Å². The van der Waals surface area contributed by atoms with Crippen LogP contribution >= 0.6 is 0 Å². The summed E-state index contributed by atoms with van der Waals surface area (Å²) in [6.45, 7) is 0.413. The lowest BCUT2D eigenvalue weighted by molar-refractivity contribution is 0.0225. The van der Waals surface area contributed by atoms with Crippen LogP contribution in [0.5, 0.6) is 0 Å². The molecule has 6 nitrogen and oxygen atoms in total. The molecule has 1 aliphatic heterocycles. The number of rotatable bonds is 8. The molecule has 0 saturated heterocycles. The van der Waals surface area contributed by atoms with Crippen LogP contribution in [0.3, 0.4) is 0 Å². The molecule has 3 N–H and O–H groups in total. The van der Waals surface area contributed by atoms with Crippen LogP contribution in [0.15, 0.2) is 97.0 Å². The quantitative estimate of drug-likeness (QED) is 0.527. The molecule has 0 saturated carbocycles. The number of allylic oxidation sites excluding steroid dienone is 1. The molecule has 158 valence electrons. The molecule has 0 aliphatic carbocycles. The van der Waals surface area contributed by atoms with E-state index in [1.165, 1.54) is 5.56 Å². The van der Waals surface area contributed by atoms with Gasteiger partial charge in [-0.3, -0.25) is 15.3 Å². The van der Waals surface area contributed by atoms with Gasteiger partial charge in [-0.1, -0.05) is 66.7 Å². The first-order valence-corrected chi connectivity index (χ1v) is 10.4. The fourth-order valence-corrected chi connectivity index (χ4v) is 3.54. The fraction of sp³-hybridized carbons (Fsp3) is 0.200. The lowest BCUT2D eigenvalue weighted by Crippen LogP contribution is -2.48. The first-order valence-electron chi connectivity index (χ1n) is 10.4. The number of hydroxylamine groups is 1. The summed E-state index contributed by atoms with van der Waals surface area (Å²) in [4.78, 5) is 22.5. The molecule has 0 spiro atoms. The molecule has 2 unspecified atom stereocenters. The molecule has 1 aromatic heterocycles. The van der Waals surface area contributed by atoms with Crippen molar-refractivity contribution >= 4 is 6.03 Å². The highest BCUT2D eigenvalue weighted by molar-refractivity contribution is 5.74. The maximum absolute atomic E-state index is 12.6. The average Bonchev–Trinajstić information content (AvgIpc) is 3.28. The molecular weight excluding hydrogens is 388 g/mol. The van der Waals surface area contributed by atoms with Gasteiger partial charge in [-0.2, -0.15) is 0 Å². The summed E-state index contributed by atoms with van der Waals surface area (Å²) in [5.74, 6) is 0. The fourth-order valence-electron chi connectivity index (χ4n) is 3.54. The zero-order valence-corrected chi connectivity index (χ0v) is 17.2. The molecule has 6 heteroatoms. The number of carbonyl (C=O) groups excluding carboxylic acids is 1. The van der Waals surface area contributed by atoms with Gasteiger partial charge in [-0.15, -0.1) is 0 Å². The van der Waals surface area contributed by atoms with E-state index in [-0.39, 0.29) is 18.2 Å². The van der Waals surface area contributed by atoms with Gasteiger partial charge in [-0.05, 0) is 35.3 Å². The van der Waals surface area contributed by atoms with Crippen molar-refractivity contribution in [1.29, 1.82) is 0 Å². The second-order valence-corrected chi connectivity index (χ2v) is 7.52. The van der Waals surface area contributed by atoms with E-state index in [9.17, 15) is 4.79 Å². The zero-order valence-electron chi connectivity index (χ0n) is 17.2. The first kappa shape index (κ1) is 20.6. The highest BCUT2D eigenvalue weighted by atomic mass is 16.7. The highest BCUT2D eigenvalue weighted by Crippen LogP contribution is 2.18. The van der Waals surface area contributed by atoms with Gasteiger partial charge in [0.2, 0.25) is 0 Å². The Labute approximate surface area is 182 Å². The second kappa shape index (κ2) is 10.4. The predicted octanol–water partition coefficient (Wildman–Crippen LogP) is 3.52. The number of carbonyl (C=O) groups is 1. The summed E-state index contributed by atoms with van der Waals surface area (Å²) >= 11 is 0. The Hall–Kier alpha value is -3.64. The largest absolute Gasteiger partial charge is 0.334 e. The van der Waals surface area contributed by atoms with Gasteiger partial charge < -0.3 is 10.6 Å². The van der Waals surface area contributed by atoms with E-state index in [2.05, 4.69) is 51.4 Å². The molecule has 2 aromatic carbocycles. The number of hydrogen-bond acceptors (Lipinski definition) is 4. The summed E-state index contributed by atoms with van der Waals surface area (Å²) in [6, 6.07) is 23.6. The Morgan fingerprint density at radius 1 is 0.968 bits per heavy atom. The summed E-state index contributed by atoms with van der Waals surface area (Å²) in [5.41, 5.74) is 7.31. The van der Waals surface area contributed by atoms with E-state index in [1.54, 1.807) is 12.4 Å². The predicted molar refractivity (Wildman–Crippen MR) is 120 cm³/mol. The van der Waals surface area contributed by atoms with Crippen molar-refractivity contribution in [3.8, 4) is 0 Å². The smallest absolute Gasteiger partial charge is 0.315 e. The number of hydrogen-bond donors (Lipinski definition) is 3. The normalized spacial score (nSPS) is 16.1. The molecule has 0 bridgehead atoms. The Kier molecular flexibility index (Phi) is 6.92. The van der Waals surface area contributed by atoms with Gasteiger partial charge in [0.1, 0.15) is 6.10 Å². The summed E-state index contributed by atoms with van der Waals surface area (Å²) < 4.78 is 0. The van der Waals surface area contributed by atoms with Crippen LogP contribution in [-0.2, 0) is 24.2 Å². The Morgan fingerprint density at radius 3 is 2.39 bits per heavy atom. The lowest BCUT2D eigenvalue weighted by atomic mass is 10.00. The van der Waals surface area contributed by atoms with Crippen molar-refractivity contribution in [1.82, 2.24) is 21.1 Å². The van der Waals surface area contributed by atoms with Crippen molar-refractivity contribution in [2.75, 3.05) is 0 Å². The minimum absolute atomic E-state index is 0.225. The van der Waals surface area contributed by atoms with Crippen molar-refractivity contribution in [2.45, 2.75) is 31.5 Å². The van der Waals surface area contributed by atoms with E-state index < -0.39 is 0 Å². The Balaban J connectivity index is 1.42. The average molecular weight is 415 g/mol. The van der Waals surface area contributed by atoms with Crippen LogP contribution in [0, 0.1) is 0 Å². The Morgan fingerprint density at radius 2 is 1.68 bits per heavy atom. The molecular formula is C25H26N4O2. The SMILES string of the molecule is O=C(NCc1cccnc1)NC(Cc1ccccc1)C1C=C(Cc2ccccc2)NO1. The molecule has 0 radical (unpaired) electrons. The third-order valence-corrected chi connectivity index (χ3v) is 5.12. The van der Waals surface area contributed by atoms with Crippen molar-refractivity contribution in [3.63, 3.8) is 0 Å². The zero-order chi connectivity index (χ0) is 21.3. The number of nitrogens with one attached hydrogen (secondary N) is 3. The van der Waals surface area contributed by atoms with Crippen LogP contribution < -0.4 is 16.1 Å². The number of benzene rings is 2. The third kappa shape index (κ3) is 6.17. The maximum Gasteiger partial charge on any atom is 0.315 e. The number of urea groups is 1. The van der Waals surface area contributed by atoms with Crippen LogP contribution in [0.1, 0.15) is 16.7 Å². The van der Waals surface area contributed by atoms with Crippen molar-refractivity contribution in [2.24, 2.45) is 0 Å². The summed E-state index contributed by atoms with van der Waals surface area (Å²) in [7, 11) is 0. The van der Waals surface area contributed by atoms with Crippen molar-refractivity contribution in [3.05, 3.63) is 114 Å². The van der Waals surface area contributed by atoms with Gasteiger partial charge in [0, 0.05) is 31.1 Å². The molecule has 2 heterocycles. The van der Waals surface area contributed by atoms with E-state index in [0.29, 0.717) is 13.0 Å². The number of pyridine rings is 1. The van der Waals surface area contributed by atoms with Gasteiger partial charge >= 0.3 is 6.03 Å². The minimum atomic E-state index is -0.275. The molecule has 2 atom stereocenters. The van der Waals surface area contributed by atoms with Crippen LogP contribution in [0.4, 0.5) is 4.79 Å². The summed E-state index contributed by atoms with van der Waals surface area (Å²) in [5, 5.41) is 5.99. The van der Waals surface area contributed by atoms with Crippen molar-refractivity contribution < 1.29 is 9.63 Å². The second-order valence-electron chi connectivity index (χ2n) is 7.52. The highest BCUT2D eigenvalue weighted by Gasteiger charge is 2.28. The number of nitrogens with zero attached hydrogens (tertiary/aromatic N) is 1. The molecule has 4 rings (SSSR count). The Bertz CT molecular complexity index is 994.